The molecule has 1 aromatic heterocycles. The molecule has 0 saturated carbocycles. The van der Waals surface area contributed by atoms with Gasteiger partial charge in [-0.05, 0) is 57.1 Å². The number of hydrogen-bond donors (Lipinski definition) is 0. The molecule has 1 heterocycles. The minimum absolute atomic E-state index is 0.191. The van der Waals surface area contributed by atoms with Gasteiger partial charge in [0.2, 0.25) is 0 Å². The Morgan fingerprint density at radius 1 is 0.552 bits per heavy atom. The van der Waals surface area contributed by atoms with Crippen molar-refractivity contribution < 1.29 is 0 Å². The molecule has 0 N–H and O–H groups in total. The minimum atomic E-state index is 0.191. The summed E-state index contributed by atoms with van der Waals surface area (Å²) < 4.78 is 0. The second-order valence-corrected chi connectivity index (χ2v) is 11.1. The molecule has 0 radical (unpaired) electrons. The van der Waals surface area contributed by atoms with Crippen LogP contribution < -0.4 is 0 Å². The summed E-state index contributed by atoms with van der Waals surface area (Å²) in [6.45, 7) is 18.2. The van der Waals surface area contributed by atoms with Crippen LogP contribution in [0.1, 0.15) is 77.6 Å². The van der Waals surface area contributed by atoms with Gasteiger partial charge in [0.15, 0.2) is 0 Å². The van der Waals surface area contributed by atoms with E-state index in [1.54, 1.807) is 0 Å². The Bertz CT molecular complexity index is 875. The fourth-order valence-electron chi connectivity index (χ4n) is 3.96. The van der Waals surface area contributed by atoms with Crippen molar-refractivity contribution in [3.8, 4) is 20.9 Å². The van der Waals surface area contributed by atoms with Crippen molar-refractivity contribution in [3.05, 3.63) is 70.8 Å². The van der Waals surface area contributed by atoms with Crippen molar-refractivity contribution in [1.29, 1.82) is 0 Å². The summed E-state index contributed by atoms with van der Waals surface area (Å²) >= 11 is 1.97. The molecule has 0 saturated heterocycles. The van der Waals surface area contributed by atoms with Gasteiger partial charge < -0.3 is 0 Å². The normalized spacial score (nSPS) is 12.4. The van der Waals surface area contributed by atoms with Crippen LogP contribution in [0.3, 0.4) is 0 Å². The zero-order chi connectivity index (χ0) is 21.4. The van der Waals surface area contributed by atoms with Gasteiger partial charge in [-0.25, -0.2) is 0 Å². The molecular formula is C28H36S. The van der Waals surface area contributed by atoms with Gasteiger partial charge in [-0.2, -0.15) is 0 Å². The Morgan fingerprint density at radius 3 is 1.10 bits per heavy atom. The molecule has 0 amide bonds. The number of benzene rings is 2. The van der Waals surface area contributed by atoms with Crippen LogP contribution in [0.25, 0.3) is 20.9 Å². The maximum atomic E-state index is 2.32. The molecule has 0 spiro atoms. The highest BCUT2D eigenvalue weighted by Crippen LogP contribution is 2.43. The minimum Gasteiger partial charge on any atom is -0.135 e. The maximum Gasteiger partial charge on any atom is 0.0384 e. The first-order valence-electron chi connectivity index (χ1n) is 10.9. The van der Waals surface area contributed by atoms with Crippen molar-refractivity contribution in [1.82, 2.24) is 0 Å². The first-order valence-corrected chi connectivity index (χ1v) is 11.7. The van der Waals surface area contributed by atoms with E-state index in [-0.39, 0.29) is 10.8 Å². The van der Waals surface area contributed by atoms with Gasteiger partial charge >= 0.3 is 0 Å². The van der Waals surface area contributed by atoms with Crippen LogP contribution in [0.5, 0.6) is 0 Å². The highest BCUT2D eigenvalue weighted by molar-refractivity contribution is 7.19. The lowest BCUT2D eigenvalue weighted by atomic mass is 9.86. The zero-order valence-corrected chi connectivity index (χ0v) is 20.3. The average Bonchev–Trinajstić information content (AvgIpc) is 3.05. The fraction of sp³-hybridized carbons (Fsp3) is 0.429. The van der Waals surface area contributed by atoms with E-state index >= 15 is 0 Å². The summed E-state index contributed by atoms with van der Waals surface area (Å²) in [4.78, 5) is 2.89. The molecule has 29 heavy (non-hydrogen) atoms. The lowest BCUT2D eigenvalue weighted by Gasteiger charge is -2.19. The maximum absolute atomic E-state index is 2.32. The molecule has 0 fully saturated rings. The van der Waals surface area contributed by atoms with E-state index in [2.05, 4.69) is 104 Å². The topological polar surface area (TPSA) is 0 Å². The fourth-order valence-corrected chi connectivity index (χ4v) is 5.45. The lowest BCUT2D eigenvalue weighted by Crippen LogP contribution is -2.10. The highest BCUT2D eigenvalue weighted by Gasteiger charge is 2.20. The van der Waals surface area contributed by atoms with E-state index in [0.717, 1.165) is 12.8 Å². The average molecular weight is 405 g/mol. The van der Waals surface area contributed by atoms with Gasteiger partial charge in [0.1, 0.15) is 0 Å². The molecule has 154 valence electrons. The third kappa shape index (κ3) is 4.51. The van der Waals surface area contributed by atoms with Crippen molar-refractivity contribution in [2.75, 3.05) is 0 Å². The van der Waals surface area contributed by atoms with Crippen molar-refractivity contribution in [2.24, 2.45) is 0 Å². The Kier molecular flexibility index (Phi) is 6.11. The second-order valence-electron chi connectivity index (χ2n) is 10.1. The predicted octanol–water partition coefficient (Wildman–Crippen LogP) is 8.80. The smallest absolute Gasteiger partial charge is 0.0384 e. The Labute approximate surface area is 182 Å². The molecule has 0 aliphatic carbocycles. The van der Waals surface area contributed by atoms with Crippen molar-refractivity contribution in [2.45, 2.75) is 79.1 Å². The van der Waals surface area contributed by atoms with E-state index in [1.165, 1.54) is 43.1 Å². The quantitative estimate of drug-likeness (QED) is 0.407. The van der Waals surface area contributed by atoms with Gasteiger partial charge in [0, 0.05) is 9.75 Å². The number of thiophene rings is 1. The molecule has 0 aliphatic rings. The van der Waals surface area contributed by atoms with E-state index in [1.807, 2.05) is 11.3 Å². The number of hydrogen-bond acceptors (Lipinski definition) is 1. The van der Waals surface area contributed by atoms with Crippen LogP contribution in [0.2, 0.25) is 0 Å². The van der Waals surface area contributed by atoms with Crippen molar-refractivity contribution in [3.63, 3.8) is 0 Å². The van der Waals surface area contributed by atoms with Gasteiger partial charge in [-0.3, -0.25) is 0 Å². The second kappa shape index (κ2) is 8.11. The van der Waals surface area contributed by atoms with Crippen LogP contribution in [0.4, 0.5) is 0 Å². The third-order valence-electron chi connectivity index (χ3n) is 5.85. The van der Waals surface area contributed by atoms with Crippen LogP contribution >= 0.6 is 11.3 Å². The van der Waals surface area contributed by atoms with Crippen LogP contribution in [-0.2, 0) is 23.7 Å². The van der Waals surface area contributed by atoms with Crippen LogP contribution in [0.15, 0.2) is 48.5 Å². The summed E-state index contributed by atoms with van der Waals surface area (Å²) in [5.74, 6) is 0. The molecule has 3 aromatic rings. The largest absolute Gasteiger partial charge is 0.135 e. The monoisotopic (exact) mass is 404 g/mol. The summed E-state index contributed by atoms with van der Waals surface area (Å²) in [5, 5.41) is 0. The SMILES string of the molecule is CCc1c(-c2ccc(C(C)(C)C)cc2)sc(-c2ccc(C(C)(C)C)cc2)c1CC. The standard InChI is InChI=1S/C28H36S/c1-9-23-24(10-2)26(20-13-17-22(18-14-20)28(6,7)8)29-25(23)19-11-15-21(16-12-19)27(3,4)5/h11-18H,9-10H2,1-8H3. The van der Waals surface area contributed by atoms with Crippen molar-refractivity contribution >= 4 is 11.3 Å². The molecular weight excluding hydrogens is 368 g/mol. The molecule has 0 unspecified atom stereocenters. The van der Waals surface area contributed by atoms with E-state index in [4.69, 9.17) is 0 Å². The third-order valence-corrected chi connectivity index (χ3v) is 7.22. The predicted molar refractivity (Wildman–Crippen MR) is 131 cm³/mol. The summed E-state index contributed by atoms with van der Waals surface area (Å²) in [6.07, 6.45) is 2.16. The zero-order valence-electron chi connectivity index (χ0n) is 19.4. The molecule has 2 aromatic carbocycles. The summed E-state index contributed by atoms with van der Waals surface area (Å²) in [6, 6.07) is 18.5. The molecule has 0 aliphatic heterocycles. The Morgan fingerprint density at radius 2 is 0.862 bits per heavy atom. The van der Waals surface area contributed by atoms with Crippen LogP contribution in [0, 0.1) is 0 Å². The molecule has 1 heteroatoms. The first-order chi connectivity index (χ1) is 13.6. The first kappa shape index (κ1) is 21.8. The van der Waals surface area contributed by atoms with Crippen LogP contribution in [-0.4, -0.2) is 0 Å². The molecule has 0 atom stereocenters. The van der Waals surface area contributed by atoms with E-state index in [9.17, 15) is 0 Å². The summed E-state index contributed by atoms with van der Waals surface area (Å²) in [7, 11) is 0. The van der Waals surface area contributed by atoms with Gasteiger partial charge in [-0.15, -0.1) is 11.3 Å². The molecule has 3 rings (SSSR count). The molecule has 0 nitrogen and oxygen atoms in total. The highest BCUT2D eigenvalue weighted by atomic mass is 32.1. The lowest BCUT2D eigenvalue weighted by molar-refractivity contribution is 0.590. The summed E-state index contributed by atoms with van der Waals surface area (Å²) in [5.41, 5.74) is 8.92. The Hall–Kier alpha value is -1.86. The molecule has 0 bridgehead atoms. The van der Waals surface area contributed by atoms with Gasteiger partial charge in [0.25, 0.3) is 0 Å². The number of rotatable bonds is 4. The Balaban J connectivity index is 2.08. The van der Waals surface area contributed by atoms with Gasteiger partial charge in [0.05, 0.1) is 0 Å². The van der Waals surface area contributed by atoms with E-state index < -0.39 is 0 Å². The van der Waals surface area contributed by atoms with Gasteiger partial charge in [-0.1, -0.05) is 104 Å². The van der Waals surface area contributed by atoms with E-state index in [0.29, 0.717) is 0 Å².